The van der Waals surface area contributed by atoms with Gasteiger partial charge < -0.3 is 4.90 Å². The molecule has 114 valence electrons. The maximum Gasteiger partial charge on any atom is 0.264 e. The van der Waals surface area contributed by atoms with Crippen LogP contribution in [0.1, 0.15) is 57.4 Å². The fraction of sp³-hybridized carbons (Fsp3) is 0.444. The number of carbonyl (C=O) groups excluding carboxylic acids is 1. The van der Waals surface area contributed by atoms with Gasteiger partial charge in [-0.15, -0.1) is 11.3 Å². The van der Waals surface area contributed by atoms with Crippen molar-refractivity contribution in [1.29, 1.82) is 0 Å². The summed E-state index contributed by atoms with van der Waals surface area (Å²) in [5, 5.41) is 0. The lowest BCUT2D eigenvalue weighted by Gasteiger charge is -2.24. The van der Waals surface area contributed by atoms with Gasteiger partial charge in [0.15, 0.2) is 0 Å². The van der Waals surface area contributed by atoms with Crippen molar-refractivity contribution in [3.63, 3.8) is 0 Å². The van der Waals surface area contributed by atoms with E-state index in [0.717, 1.165) is 42.7 Å². The number of thiophene rings is 1. The van der Waals surface area contributed by atoms with E-state index in [4.69, 9.17) is 0 Å². The number of amides is 1. The van der Waals surface area contributed by atoms with Crippen LogP contribution in [0.15, 0.2) is 30.6 Å². The number of hydrogen-bond acceptors (Lipinski definition) is 3. The van der Waals surface area contributed by atoms with Gasteiger partial charge in [-0.25, -0.2) is 0 Å². The van der Waals surface area contributed by atoms with Crippen LogP contribution < -0.4 is 0 Å². The Bertz CT molecular complexity index is 656. The maximum atomic E-state index is 13.0. The summed E-state index contributed by atoms with van der Waals surface area (Å²) in [6.45, 7) is 0.862. The number of aromatic nitrogens is 1. The molecule has 4 heteroatoms. The molecular weight excluding hydrogens is 292 g/mol. The molecule has 4 rings (SSSR count). The summed E-state index contributed by atoms with van der Waals surface area (Å²) in [7, 11) is 0. The number of pyridine rings is 1. The molecule has 0 aromatic carbocycles. The fourth-order valence-electron chi connectivity index (χ4n) is 3.67. The monoisotopic (exact) mass is 312 g/mol. The number of nitrogens with zero attached hydrogens (tertiary/aromatic N) is 2. The number of rotatable bonds is 2. The molecule has 1 aliphatic heterocycles. The molecule has 0 radical (unpaired) electrons. The zero-order chi connectivity index (χ0) is 14.9. The SMILES string of the molecule is O=C(c1cc2c(s1)CCCC2)N1CCC[C@@H]1c1cccnc1. The summed E-state index contributed by atoms with van der Waals surface area (Å²) < 4.78 is 0. The Morgan fingerprint density at radius 1 is 1.27 bits per heavy atom. The Labute approximate surface area is 135 Å². The summed E-state index contributed by atoms with van der Waals surface area (Å²) in [5.41, 5.74) is 2.58. The predicted octanol–water partition coefficient (Wildman–Crippen LogP) is 4.00. The van der Waals surface area contributed by atoms with Gasteiger partial charge in [-0.2, -0.15) is 0 Å². The van der Waals surface area contributed by atoms with Crippen molar-refractivity contribution in [3.8, 4) is 0 Å². The fourth-order valence-corrected chi connectivity index (χ4v) is 4.88. The summed E-state index contributed by atoms with van der Waals surface area (Å²) in [5.74, 6) is 0.214. The first kappa shape index (κ1) is 13.9. The third kappa shape index (κ3) is 2.45. The van der Waals surface area contributed by atoms with Gasteiger partial charge in [0.2, 0.25) is 0 Å². The molecule has 1 saturated heterocycles. The van der Waals surface area contributed by atoms with Crippen molar-refractivity contribution in [2.24, 2.45) is 0 Å². The van der Waals surface area contributed by atoms with E-state index < -0.39 is 0 Å². The topological polar surface area (TPSA) is 33.2 Å². The van der Waals surface area contributed by atoms with E-state index >= 15 is 0 Å². The lowest BCUT2D eigenvalue weighted by molar-refractivity contribution is 0.0740. The van der Waals surface area contributed by atoms with Gasteiger partial charge in [0.05, 0.1) is 10.9 Å². The number of aryl methyl sites for hydroxylation is 2. The average Bonchev–Trinajstić information content (AvgIpc) is 3.21. The van der Waals surface area contributed by atoms with Crippen LogP contribution in [0.2, 0.25) is 0 Å². The van der Waals surface area contributed by atoms with E-state index in [0.29, 0.717) is 0 Å². The van der Waals surface area contributed by atoms with Crippen LogP contribution in [0, 0.1) is 0 Å². The molecule has 0 spiro atoms. The van der Waals surface area contributed by atoms with Gasteiger partial charge in [0.25, 0.3) is 5.91 Å². The third-order valence-corrected chi connectivity index (χ3v) is 6.02. The van der Waals surface area contributed by atoms with E-state index in [1.54, 1.807) is 17.5 Å². The molecule has 0 N–H and O–H groups in total. The van der Waals surface area contributed by atoms with Crippen molar-refractivity contribution < 1.29 is 4.79 Å². The quantitative estimate of drug-likeness (QED) is 0.840. The van der Waals surface area contributed by atoms with Crippen LogP contribution in [0.3, 0.4) is 0 Å². The second kappa shape index (κ2) is 5.84. The lowest BCUT2D eigenvalue weighted by Crippen LogP contribution is -2.30. The normalized spacial score (nSPS) is 20.9. The zero-order valence-electron chi connectivity index (χ0n) is 12.6. The number of hydrogen-bond donors (Lipinski definition) is 0. The highest BCUT2D eigenvalue weighted by molar-refractivity contribution is 7.14. The Morgan fingerprint density at radius 2 is 2.18 bits per heavy atom. The molecule has 3 heterocycles. The largest absolute Gasteiger partial charge is 0.331 e. The first-order valence-electron chi connectivity index (χ1n) is 8.15. The van der Waals surface area contributed by atoms with Gasteiger partial charge >= 0.3 is 0 Å². The second-order valence-corrected chi connectivity index (χ2v) is 7.35. The first-order chi connectivity index (χ1) is 10.8. The number of carbonyl (C=O) groups is 1. The van der Waals surface area contributed by atoms with Crippen molar-refractivity contribution in [2.75, 3.05) is 6.54 Å². The molecule has 0 saturated carbocycles. The van der Waals surface area contributed by atoms with Crippen LogP contribution in [0.5, 0.6) is 0 Å². The molecule has 0 bridgehead atoms. The van der Waals surface area contributed by atoms with Crippen LogP contribution >= 0.6 is 11.3 Å². The van der Waals surface area contributed by atoms with E-state index in [1.165, 1.54) is 23.3 Å². The number of fused-ring (bicyclic) bond motifs is 1. The van der Waals surface area contributed by atoms with Crippen molar-refractivity contribution in [1.82, 2.24) is 9.88 Å². The van der Waals surface area contributed by atoms with E-state index in [9.17, 15) is 4.79 Å². The molecule has 1 amide bonds. The maximum absolute atomic E-state index is 13.0. The Kier molecular flexibility index (Phi) is 3.70. The van der Waals surface area contributed by atoms with E-state index in [1.807, 2.05) is 17.2 Å². The standard InChI is InChI=1S/C18H20N2OS/c21-18(17-11-13-5-1-2-8-16(13)22-17)20-10-4-7-15(20)14-6-3-9-19-12-14/h3,6,9,11-12,15H,1-2,4-5,7-8,10H2/t15-/m1/s1. The minimum atomic E-state index is 0.195. The molecule has 1 atom stereocenters. The second-order valence-electron chi connectivity index (χ2n) is 6.21. The molecular formula is C18H20N2OS. The Morgan fingerprint density at radius 3 is 3.00 bits per heavy atom. The van der Waals surface area contributed by atoms with Gasteiger partial charge in [-0.3, -0.25) is 9.78 Å². The van der Waals surface area contributed by atoms with Crippen molar-refractivity contribution in [3.05, 3.63) is 51.5 Å². The minimum absolute atomic E-state index is 0.195. The summed E-state index contributed by atoms with van der Waals surface area (Å²) in [6, 6.07) is 6.39. The highest BCUT2D eigenvalue weighted by atomic mass is 32.1. The van der Waals surface area contributed by atoms with Gasteiger partial charge in [-0.1, -0.05) is 6.07 Å². The summed E-state index contributed by atoms with van der Waals surface area (Å²) in [6.07, 6.45) is 10.6. The van der Waals surface area contributed by atoms with Crippen LogP contribution in [0.25, 0.3) is 0 Å². The van der Waals surface area contributed by atoms with Crippen molar-refractivity contribution >= 4 is 17.2 Å². The lowest BCUT2D eigenvalue weighted by atomic mass is 9.99. The highest BCUT2D eigenvalue weighted by Gasteiger charge is 2.32. The third-order valence-electron chi connectivity index (χ3n) is 4.79. The first-order valence-corrected chi connectivity index (χ1v) is 8.97. The smallest absolute Gasteiger partial charge is 0.264 e. The van der Waals surface area contributed by atoms with E-state index in [2.05, 4.69) is 17.1 Å². The molecule has 1 fully saturated rings. The van der Waals surface area contributed by atoms with Crippen molar-refractivity contribution in [2.45, 2.75) is 44.6 Å². The van der Waals surface area contributed by atoms with E-state index in [-0.39, 0.29) is 11.9 Å². The molecule has 2 aromatic heterocycles. The molecule has 2 aliphatic rings. The molecule has 0 unspecified atom stereocenters. The molecule has 3 nitrogen and oxygen atoms in total. The molecule has 22 heavy (non-hydrogen) atoms. The Balaban J connectivity index is 1.60. The van der Waals surface area contributed by atoms with Gasteiger partial charge in [0.1, 0.15) is 0 Å². The average molecular weight is 312 g/mol. The molecule has 2 aromatic rings. The Hall–Kier alpha value is -1.68. The summed E-state index contributed by atoms with van der Waals surface area (Å²) >= 11 is 1.72. The zero-order valence-corrected chi connectivity index (χ0v) is 13.4. The molecule has 1 aliphatic carbocycles. The van der Waals surface area contributed by atoms with Crippen LogP contribution in [-0.2, 0) is 12.8 Å². The minimum Gasteiger partial charge on any atom is -0.331 e. The highest BCUT2D eigenvalue weighted by Crippen LogP contribution is 2.36. The summed E-state index contributed by atoms with van der Waals surface area (Å²) in [4.78, 5) is 21.6. The van der Waals surface area contributed by atoms with Gasteiger partial charge in [0, 0.05) is 23.8 Å². The predicted molar refractivity (Wildman–Crippen MR) is 88.2 cm³/mol. The van der Waals surface area contributed by atoms with Crippen LogP contribution in [-0.4, -0.2) is 22.3 Å². The number of likely N-dealkylation sites (tertiary alicyclic amines) is 1. The van der Waals surface area contributed by atoms with Crippen LogP contribution in [0.4, 0.5) is 0 Å². The van der Waals surface area contributed by atoms with Gasteiger partial charge in [-0.05, 0) is 61.8 Å².